The van der Waals surface area contributed by atoms with Crippen LogP contribution in [0.2, 0.25) is 0 Å². The number of phenols is 1. The van der Waals surface area contributed by atoms with E-state index in [0.29, 0.717) is 17.8 Å². The molecule has 0 saturated carbocycles. The molecular weight excluding hydrogens is 266 g/mol. The second-order valence-electron chi connectivity index (χ2n) is 4.87. The second kappa shape index (κ2) is 5.75. The number of para-hydroxylation sites is 1. The highest BCUT2D eigenvalue weighted by molar-refractivity contribution is 5.95. The topological polar surface area (TPSA) is 74.6 Å². The van der Waals surface area contributed by atoms with Gasteiger partial charge in [0.15, 0.2) is 0 Å². The molecule has 1 aliphatic heterocycles. The summed E-state index contributed by atoms with van der Waals surface area (Å²) in [7, 11) is 0. The van der Waals surface area contributed by atoms with Crippen LogP contribution < -0.4 is 5.32 Å². The minimum Gasteiger partial charge on any atom is -0.506 e. The van der Waals surface area contributed by atoms with Gasteiger partial charge in [-0.1, -0.05) is 18.2 Å². The minimum atomic E-state index is -0.236. The summed E-state index contributed by atoms with van der Waals surface area (Å²) in [6.45, 7) is 0.550. The van der Waals surface area contributed by atoms with Gasteiger partial charge in [-0.2, -0.15) is 0 Å². The summed E-state index contributed by atoms with van der Waals surface area (Å²) in [6, 6.07) is 8.59. The number of hydrogen-bond acceptors (Lipinski definition) is 4. The number of phenolic OH excluding ortho intramolecular Hbond substituents is 1. The number of benzene rings is 1. The molecule has 106 valence electrons. The zero-order chi connectivity index (χ0) is 14.7. The first-order valence-corrected chi connectivity index (χ1v) is 6.80. The van der Waals surface area contributed by atoms with Crippen LogP contribution in [0.1, 0.15) is 23.3 Å². The molecule has 0 radical (unpaired) electrons. The van der Waals surface area contributed by atoms with Gasteiger partial charge in [0.2, 0.25) is 0 Å². The maximum atomic E-state index is 12.1. The van der Waals surface area contributed by atoms with Crippen molar-refractivity contribution in [2.75, 3.05) is 6.54 Å². The number of hydrogen-bond donors (Lipinski definition) is 2. The summed E-state index contributed by atoms with van der Waals surface area (Å²) >= 11 is 0. The molecule has 0 unspecified atom stereocenters. The number of nitrogens with zero attached hydrogens (tertiary/aromatic N) is 2. The highest BCUT2D eigenvalue weighted by Gasteiger charge is 2.10. The van der Waals surface area contributed by atoms with E-state index in [0.717, 1.165) is 18.2 Å². The Hall–Kier alpha value is -2.69. The zero-order valence-electron chi connectivity index (χ0n) is 11.4. The van der Waals surface area contributed by atoms with Crippen LogP contribution in [0.4, 0.5) is 0 Å². The van der Waals surface area contributed by atoms with E-state index in [2.05, 4.69) is 15.3 Å². The predicted molar refractivity (Wildman–Crippen MR) is 81.6 cm³/mol. The molecule has 1 aliphatic rings. The molecule has 0 fully saturated rings. The molecular formula is C16H15N3O2. The van der Waals surface area contributed by atoms with Crippen molar-refractivity contribution < 1.29 is 9.90 Å². The van der Waals surface area contributed by atoms with E-state index >= 15 is 0 Å². The molecule has 21 heavy (non-hydrogen) atoms. The largest absolute Gasteiger partial charge is 0.506 e. The van der Waals surface area contributed by atoms with Crippen molar-refractivity contribution in [2.24, 2.45) is 4.99 Å². The van der Waals surface area contributed by atoms with Gasteiger partial charge in [-0.3, -0.25) is 9.79 Å². The maximum absolute atomic E-state index is 12.1. The average molecular weight is 281 g/mol. The fraction of sp³-hybridized carbons (Fsp3) is 0.188. The van der Waals surface area contributed by atoms with Crippen molar-refractivity contribution in [3.05, 3.63) is 47.8 Å². The summed E-state index contributed by atoms with van der Waals surface area (Å²) in [4.78, 5) is 20.3. The smallest absolute Gasteiger partial charge is 0.269 e. The van der Waals surface area contributed by atoms with Crippen LogP contribution in [-0.4, -0.2) is 28.8 Å². The van der Waals surface area contributed by atoms with Gasteiger partial charge in [-0.25, -0.2) is 4.98 Å². The first kappa shape index (κ1) is 13.3. The fourth-order valence-electron chi connectivity index (χ4n) is 2.23. The molecule has 5 nitrogen and oxygen atoms in total. The lowest BCUT2D eigenvalue weighted by Crippen LogP contribution is -2.25. The first-order chi connectivity index (χ1) is 10.2. The van der Waals surface area contributed by atoms with Gasteiger partial charge in [-0.15, -0.1) is 0 Å². The lowest BCUT2D eigenvalue weighted by molar-refractivity contribution is 0.0949. The lowest BCUT2D eigenvalue weighted by atomic mass is 10.1. The Bertz CT molecular complexity index is 750. The van der Waals surface area contributed by atoms with Crippen LogP contribution in [0, 0.1) is 0 Å². The number of carbonyl (C=O) groups excluding carboxylic acids is 1. The van der Waals surface area contributed by atoms with E-state index in [-0.39, 0.29) is 11.7 Å². The van der Waals surface area contributed by atoms with E-state index < -0.39 is 0 Å². The van der Waals surface area contributed by atoms with Crippen LogP contribution in [0.15, 0.2) is 47.1 Å². The van der Waals surface area contributed by atoms with E-state index in [4.69, 9.17) is 0 Å². The Labute approximate surface area is 122 Å². The van der Waals surface area contributed by atoms with Crippen molar-refractivity contribution in [1.29, 1.82) is 0 Å². The number of nitrogens with one attached hydrogen (secondary N) is 1. The molecule has 0 atom stereocenters. The summed E-state index contributed by atoms with van der Waals surface area (Å²) in [5.74, 6) is -0.157. The van der Waals surface area contributed by atoms with E-state index in [1.54, 1.807) is 24.3 Å². The van der Waals surface area contributed by atoms with E-state index in [1.807, 2.05) is 18.5 Å². The zero-order valence-corrected chi connectivity index (χ0v) is 11.4. The number of aliphatic imine (C=N–C) groups is 1. The van der Waals surface area contributed by atoms with Crippen molar-refractivity contribution >= 4 is 23.0 Å². The van der Waals surface area contributed by atoms with Gasteiger partial charge in [0.1, 0.15) is 17.0 Å². The van der Waals surface area contributed by atoms with Gasteiger partial charge >= 0.3 is 0 Å². The van der Waals surface area contributed by atoms with Crippen molar-refractivity contribution in [3.63, 3.8) is 0 Å². The number of aromatic hydroxyl groups is 1. The molecule has 3 rings (SSSR count). The van der Waals surface area contributed by atoms with Gasteiger partial charge in [0.25, 0.3) is 5.91 Å². The highest BCUT2D eigenvalue weighted by atomic mass is 16.3. The number of aromatic nitrogens is 1. The molecule has 1 aromatic heterocycles. The minimum absolute atomic E-state index is 0.0791. The Morgan fingerprint density at radius 2 is 2.19 bits per heavy atom. The monoisotopic (exact) mass is 281 g/mol. The van der Waals surface area contributed by atoms with Crippen LogP contribution in [0.25, 0.3) is 10.9 Å². The third kappa shape index (κ3) is 2.91. The summed E-state index contributed by atoms with van der Waals surface area (Å²) in [5.41, 5.74) is 1.96. The third-order valence-corrected chi connectivity index (χ3v) is 3.38. The quantitative estimate of drug-likeness (QED) is 0.903. The fourth-order valence-corrected chi connectivity index (χ4v) is 2.23. The third-order valence-electron chi connectivity index (χ3n) is 3.38. The van der Waals surface area contributed by atoms with Crippen LogP contribution in [-0.2, 0) is 0 Å². The van der Waals surface area contributed by atoms with Gasteiger partial charge in [0.05, 0.1) is 0 Å². The molecule has 0 bridgehead atoms. The molecule has 1 amide bonds. The van der Waals surface area contributed by atoms with Crippen molar-refractivity contribution in [3.8, 4) is 5.75 Å². The standard InChI is InChI=1S/C16H15N3O2/c20-14-3-1-2-12-4-5-13(19-15(12)14)16(21)18-9-7-11-6-8-17-10-11/h1-5,8,10,20H,6-7,9H2,(H,18,21). The van der Waals surface area contributed by atoms with Crippen LogP contribution in [0.5, 0.6) is 5.75 Å². The first-order valence-electron chi connectivity index (χ1n) is 6.80. The molecule has 0 saturated heterocycles. The Kier molecular flexibility index (Phi) is 3.64. The average Bonchev–Trinajstić information content (AvgIpc) is 3.00. The summed E-state index contributed by atoms with van der Waals surface area (Å²) in [6.07, 6.45) is 5.33. The summed E-state index contributed by atoms with van der Waals surface area (Å²) in [5, 5.41) is 13.4. The molecule has 2 N–H and O–H groups in total. The van der Waals surface area contributed by atoms with Crippen LogP contribution >= 0.6 is 0 Å². The van der Waals surface area contributed by atoms with Gasteiger partial charge < -0.3 is 10.4 Å². The molecule has 5 heteroatoms. The maximum Gasteiger partial charge on any atom is 0.269 e. The van der Waals surface area contributed by atoms with Gasteiger partial charge in [-0.05, 0) is 24.1 Å². The molecule has 1 aromatic carbocycles. The van der Waals surface area contributed by atoms with E-state index in [9.17, 15) is 9.90 Å². The van der Waals surface area contributed by atoms with E-state index in [1.165, 1.54) is 5.57 Å². The number of rotatable bonds is 4. The lowest BCUT2D eigenvalue weighted by Gasteiger charge is -2.06. The number of carbonyl (C=O) groups is 1. The van der Waals surface area contributed by atoms with Crippen LogP contribution in [0.3, 0.4) is 0 Å². The Balaban J connectivity index is 1.68. The van der Waals surface area contributed by atoms with Crippen molar-refractivity contribution in [2.45, 2.75) is 12.8 Å². The summed E-state index contributed by atoms with van der Waals surface area (Å²) < 4.78 is 0. The number of fused-ring (bicyclic) bond motifs is 1. The molecule has 2 aromatic rings. The van der Waals surface area contributed by atoms with Crippen molar-refractivity contribution in [1.82, 2.24) is 10.3 Å². The predicted octanol–water partition coefficient (Wildman–Crippen LogP) is 2.42. The Morgan fingerprint density at radius 1 is 1.29 bits per heavy atom. The number of pyridine rings is 1. The van der Waals surface area contributed by atoms with Gasteiger partial charge in [0, 0.05) is 30.8 Å². The SMILES string of the molecule is O=C(NCCC1=CN=CC1)c1ccc2cccc(O)c2n1. The molecule has 0 aliphatic carbocycles. The molecule has 0 spiro atoms. The molecule has 2 heterocycles. The highest BCUT2D eigenvalue weighted by Crippen LogP contribution is 2.22. The Morgan fingerprint density at radius 3 is 3.00 bits per heavy atom. The number of amides is 1. The normalized spacial score (nSPS) is 13.4. The second-order valence-corrected chi connectivity index (χ2v) is 4.87.